The van der Waals surface area contributed by atoms with Gasteiger partial charge < -0.3 is 24.4 Å². The van der Waals surface area contributed by atoms with Crippen molar-refractivity contribution in [3.63, 3.8) is 0 Å². The summed E-state index contributed by atoms with van der Waals surface area (Å²) in [5.41, 5.74) is 2.80. The van der Waals surface area contributed by atoms with E-state index >= 15 is 0 Å². The summed E-state index contributed by atoms with van der Waals surface area (Å²) in [5.74, 6) is 1.81. The van der Waals surface area contributed by atoms with Gasteiger partial charge in [-0.3, -0.25) is 9.59 Å². The summed E-state index contributed by atoms with van der Waals surface area (Å²) in [6, 6.07) is 22.2. The van der Waals surface area contributed by atoms with Crippen molar-refractivity contribution in [3.05, 3.63) is 89.5 Å². The Morgan fingerprint density at radius 2 is 1.66 bits per heavy atom. The van der Waals surface area contributed by atoms with Crippen LogP contribution in [0, 0.1) is 0 Å². The first-order valence-corrected chi connectivity index (χ1v) is 11.7. The zero-order valence-electron chi connectivity index (χ0n) is 20.0. The summed E-state index contributed by atoms with van der Waals surface area (Å²) >= 11 is 0. The average Bonchev–Trinajstić information content (AvgIpc) is 3.38. The van der Waals surface area contributed by atoms with Gasteiger partial charge in [0.15, 0.2) is 11.5 Å². The summed E-state index contributed by atoms with van der Waals surface area (Å²) in [7, 11) is 1.61. The highest BCUT2D eigenvalue weighted by atomic mass is 16.7. The molecule has 7 heteroatoms. The Hall–Kier alpha value is -4.00. The van der Waals surface area contributed by atoms with Crippen LogP contribution in [0.15, 0.2) is 72.8 Å². The van der Waals surface area contributed by atoms with E-state index in [0.717, 1.165) is 22.4 Å². The molecule has 0 fully saturated rings. The molecule has 2 amide bonds. The number of methoxy groups -OCH3 is 1. The number of fused-ring (bicyclic) bond motifs is 1. The van der Waals surface area contributed by atoms with Crippen LogP contribution in [-0.4, -0.2) is 36.7 Å². The molecule has 0 spiro atoms. The molecule has 0 bridgehead atoms. The molecule has 1 N–H and O–H groups in total. The molecule has 1 unspecified atom stereocenters. The van der Waals surface area contributed by atoms with Crippen molar-refractivity contribution in [1.29, 1.82) is 0 Å². The number of ether oxygens (including phenoxy) is 3. The number of carbonyl (C=O) groups excluding carboxylic acids is 2. The fraction of sp³-hybridized carbons (Fsp3) is 0.286. The van der Waals surface area contributed by atoms with Crippen molar-refractivity contribution < 1.29 is 23.8 Å². The number of hydrogen-bond donors (Lipinski definition) is 1. The van der Waals surface area contributed by atoms with E-state index in [9.17, 15) is 9.59 Å². The van der Waals surface area contributed by atoms with Crippen LogP contribution in [0.3, 0.4) is 0 Å². The van der Waals surface area contributed by atoms with Crippen LogP contribution in [-0.2, 0) is 29.1 Å². The molecule has 0 aromatic heterocycles. The number of nitrogens with zero attached hydrogens (tertiary/aromatic N) is 1. The van der Waals surface area contributed by atoms with E-state index in [1.165, 1.54) is 0 Å². The van der Waals surface area contributed by atoms with Crippen LogP contribution < -0.4 is 19.5 Å². The molecule has 0 radical (unpaired) electrons. The fourth-order valence-electron chi connectivity index (χ4n) is 4.04. The second kappa shape index (κ2) is 11.4. The minimum atomic E-state index is -0.666. The van der Waals surface area contributed by atoms with E-state index in [1.807, 2.05) is 79.7 Å². The van der Waals surface area contributed by atoms with Crippen molar-refractivity contribution in [2.45, 2.75) is 38.9 Å². The molecule has 0 saturated heterocycles. The third-order valence-electron chi connectivity index (χ3n) is 5.99. The Kier molecular flexibility index (Phi) is 7.88. The topological polar surface area (TPSA) is 77.1 Å². The molecule has 1 aliphatic rings. The minimum absolute atomic E-state index is 0.0834. The van der Waals surface area contributed by atoms with Crippen molar-refractivity contribution in [1.82, 2.24) is 10.2 Å². The smallest absolute Gasteiger partial charge is 0.243 e. The van der Waals surface area contributed by atoms with Crippen LogP contribution in [0.2, 0.25) is 0 Å². The quantitative estimate of drug-likeness (QED) is 0.479. The lowest BCUT2D eigenvalue weighted by atomic mass is 10.0. The van der Waals surface area contributed by atoms with E-state index in [1.54, 1.807) is 12.0 Å². The summed E-state index contributed by atoms with van der Waals surface area (Å²) in [6.07, 6.45) is 0.715. The molecule has 0 aliphatic carbocycles. The summed E-state index contributed by atoms with van der Waals surface area (Å²) < 4.78 is 16.1. The summed E-state index contributed by atoms with van der Waals surface area (Å²) in [6.45, 7) is 2.65. The van der Waals surface area contributed by atoms with Gasteiger partial charge in [-0.15, -0.1) is 0 Å². The first-order chi connectivity index (χ1) is 17.1. The Morgan fingerprint density at radius 1 is 0.943 bits per heavy atom. The van der Waals surface area contributed by atoms with E-state index in [-0.39, 0.29) is 18.6 Å². The molecular weight excluding hydrogens is 444 g/mol. The maximum absolute atomic E-state index is 13.5. The number of carbonyl (C=O) groups is 2. The lowest BCUT2D eigenvalue weighted by molar-refractivity contribution is -0.141. The Morgan fingerprint density at radius 3 is 2.37 bits per heavy atom. The van der Waals surface area contributed by atoms with Crippen molar-refractivity contribution >= 4 is 11.8 Å². The highest BCUT2D eigenvalue weighted by molar-refractivity contribution is 5.88. The zero-order chi connectivity index (χ0) is 24.6. The van der Waals surface area contributed by atoms with E-state index in [2.05, 4.69) is 5.32 Å². The van der Waals surface area contributed by atoms with Gasteiger partial charge >= 0.3 is 0 Å². The SMILES string of the molecule is CCC(=O)N(Cc1ccc(OC)cc1)C(Cc1ccccc1)C(=O)NCc1ccc2c(c1)OCO2. The van der Waals surface area contributed by atoms with Gasteiger partial charge in [0.25, 0.3) is 0 Å². The third-order valence-corrected chi connectivity index (χ3v) is 5.99. The second-order valence-electron chi connectivity index (χ2n) is 8.33. The Labute approximate surface area is 205 Å². The predicted octanol–water partition coefficient (Wildman–Crippen LogP) is 4.09. The fourth-order valence-corrected chi connectivity index (χ4v) is 4.04. The van der Waals surface area contributed by atoms with Crippen LogP contribution in [0.4, 0.5) is 0 Å². The highest BCUT2D eigenvalue weighted by Crippen LogP contribution is 2.32. The van der Waals surface area contributed by atoms with Gasteiger partial charge in [0, 0.05) is 25.9 Å². The van der Waals surface area contributed by atoms with Crippen molar-refractivity contribution in [2.75, 3.05) is 13.9 Å². The number of hydrogen-bond acceptors (Lipinski definition) is 5. The summed E-state index contributed by atoms with van der Waals surface area (Å²) in [4.78, 5) is 28.3. The van der Waals surface area contributed by atoms with Gasteiger partial charge in [-0.25, -0.2) is 0 Å². The molecule has 3 aromatic rings. The van der Waals surface area contributed by atoms with E-state index in [0.29, 0.717) is 37.4 Å². The first-order valence-electron chi connectivity index (χ1n) is 11.7. The second-order valence-corrected chi connectivity index (χ2v) is 8.33. The van der Waals surface area contributed by atoms with Crippen LogP contribution >= 0.6 is 0 Å². The van der Waals surface area contributed by atoms with E-state index < -0.39 is 6.04 Å². The monoisotopic (exact) mass is 474 g/mol. The van der Waals surface area contributed by atoms with Gasteiger partial charge in [-0.1, -0.05) is 55.5 Å². The maximum atomic E-state index is 13.5. The Balaban J connectivity index is 1.55. The third kappa shape index (κ3) is 6.12. The molecule has 7 nitrogen and oxygen atoms in total. The highest BCUT2D eigenvalue weighted by Gasteiger charge is 2.29. The van der Waals surface area contributed by atoms with Crippen LogP contribution in [0.25, 0.3) is 0 Å². The van der Waals surface area contributed by atoms with Crippen LogP contribution in [0.5, 0.6) is 17.2 Å². The van der Waals surface area contributed by atoms with Gasteiger partial charge in [0.1, 0.15) is 11.8 Å². The Bertz CT molecular complexity index is 1150. The normalized spacial score (nSPS) is 12.6. The molecule has 1 atom stereocenters. The first kappa shape index (κ1) is 24.1. The van der Waals surface area contributed by atoms with E-state index in [4.69, 9.17) is 14.2 Å². The molecule has 1 heterocycles. The van der Waals surface area contributed by atoms with Gasteiger partial charge in [-0.2, -0.15) is 0 Å². The molecular formula is C28H30N2O5. The lowest BCUT2D eigenvalue weighted by Crippen LogP contribution is -2.50. The van der Waals surface area contributed by atoms with Gasteiger partial charge in [-0.05, 0) is 41.0 Å². The standard InChI is InChI=1S/C28H30N2O5/c1-3-27(31)30(18-21-9-12-23(33-2)13-10-21)24(15-20-7-5-4-6-8-20)28(32)29-17-22-11-14-25-26(16-22)35-19-34-25/h4-14,16,24H,3,15,17-19H2,1-2H3,(H,29,32). The van der Waals surface area contributed by atoms with Gasteiger partial charge in [0.2, 0.25) is 18.6 Å². The number of nitrogens with one attached hydrogen (secondary N) is 1. The largest absolute Gasteiger partial charge is 0.497 e. The summed E-state index contributed by atoms with van der Waals surface area (Å²) in [5, 5.41) is 3.02. The zero-order valence-corrected chi connectivity index (χ0v) is 20.0. The predicted molar refractivity (Wildman–Crippen MR) is 132 cm³/mol. The van der Waals surface area contributed by atoms with Gasteiger partial charge in [0.05, 0.1) is 7.11 Å². The number of benzene rings is 3. The molecule has 182 valence electrons. The maximum Gasteiger partial charge on any atom is 0.243 e. The molecule has 35 heavy (non-hydrogen) atoms. The lowest BCUT2D eigenvalue weighted by Gasteiger charge is -2.31. The minimum Gasteiger partial charge on any atom is -0.497 e. The average molecular weight is 475 g/mol. The molecule has 3 aromatic carbocycles. The molecule has 0 saturated carbocycles. The molecule has 4 rings (SSSR count). The molecule has 1 aliphatic heterocycles. The number of rotatable bonds is 10. The van der Waals surface area contributed by atoms with Crippen molar-refractivity contribution in [2.24, 2.45) is 0 Å². The van der Waals surface area contributed by atoms with Crippen LogP contribution in [0.1, 0.15) is 30.0 Å². The van der Waals surface area contributed by atoms with Crippen molar-refractivity contribution in [3.8, 4) is 17.2 Å². The number of amides is 2.